The number of hydrogen-bond acceptors (Lipinski definition) is 3. The third-order valence-corrected chi connectivity index (χ3v) is 4.27. The van der Waals surface area contributed by atoms with Gasteiger partial charge in [-0.1, -0.05) is 26.0 Å². The maximum absolute atomic E-state index is 12.2. The summed E-state index contributed by atoms with van der Waals surface area (Å²) >= 11 is 0. The molecule has 2 N–H and O–H groups in total. The molecule has 0 bridgehead atoms. The zero-order valence-corrected chi connectivity index (χ0v) is 12.3. The first-order valence-electron chi connectivity index (χ1n) is 6.82. The maximum Gasteiger partial charge on any atom is 0.307 e. The molecule has 21 heavy (non-hydrogen) atoms. The van der Waals surface area contributed by atoms with Gasteiger partial charge in [0.05, 0.1) is 29.5 Å². The number of carboxylic acid groups (broad SMARTS) is 1. The molecule has 0 spiro atoms. The van der Waals surface area contributed by atoms with Crippen LogP contribution >= 0.6 is 0 Å². The van der Waals surface area contributed by atoms with Crippen LogP contribution in [0.25, 0.3) is 0 Å². The summed E-state index contributed by atoms with van der Waals surface area (Å²) in [7, 11) is 0. The van der Waals surface area contributed by atoms with Crippen molar-refractivity contribution < 1.29 is 14.7 Å². The van der Waals surface area contributed by atoms with Crippen molar-refractivity contribution in [2.45, 2.75) is 26.8 Å². The first-order chi connectivity index (χ1) is 9.78. The maximum atomic E-state index is 12.2. The van der Waals surface area contributed by atoms with E-state index in [1.165, 1.54) is 0 Å². The minimum atomic E-state index is -0.925. The van der Waals surface area contributed by atoms with Crippen LogP contribution in [0.4, 0.5) is 0 Å². The Morgan fingerprint density at radius 1 is 1.29 bits per heavy atom. The van der Waals surface area contributed by atoms with Gasteiger partial charge in [-0.25, -0.2) is 0 Å². The fourth-order valence-electron chi connectivity index (χ4n) is 2.82. The van der Waals surface area contributed by atoms with Gasteiger partial charge >= 0.3 is 5.97 Å². The van der Waals surface area contributed by atoms with Gasteiger partial charge in [0.15, 0.2) is 0 Å². The van der Waals surface area contributed by atoms with Crippen molar-refractivity contribution in [3.05, 3.63) is 35.4 Å². The van der Waals surface area contributed by atoms with Gasteiger partial charge in [-0.15, -0.1) is 0 Å². The molecular weight excluding hydrogens is 268 g/mol. The molecule has 1 aliphatic carbocycles. The van der Waals surface area contributed by atoms with Crippen LogP contribution in [0.2, 0.25) is 0 Å². The fourth-order valence-corrected chi connectivity index (χ4v) is 2.82. The zero-order valence-electron chi connectivity index (χ0n) is 12.3. The van der Waals surface area contributed by atoms with Crippen LogP contribution in [-0.4, -0.2) is 17.0 Å². The molecule has 0 aromatic heterocycles. The molecule has 5 nitrogen and oxygen atoms in total. The molecule has 0 saturated heterocycles. The highest BCUT2D eigenvalue weighted by atomic mass is 16.4. The number of nitrogens with zero attached hydrogens (tertiary/aromatic N) is 1. The summed E-state index contributed by atoms with van der Waals surface area (Å²) in [5.41, 5.74) is 0.944. The summed E-state index contributed by atoms with van der Waals surface area (Å²) in [4.78, 5) is 23.3. The van der Waals surface area contributed by atoms with Crippen molar-refractivity contribution >= 4 is 11.9 Å². The van der Waals surface area contributed by atoms with Gasteiger partial charge in [0.25, 0.3) is 0 Å². The molecule has 1 aromatic carbocycles. The molecule has 2 rings (SSSR count). The van der Waals surface area contributed by atoms with Crippen LogP contribution in [0.5, 0.6) is 0 Å². The topological polar surface area (TPSA) is 90.2 Å². The van der Waals surface area contributed by atoms with Crippen LogP contribution in [0, 0.1) is 28.6 Å². The van der Waals surface area contributed by atoms with E-state index in [-0.39, 0.29) is 11.9 Å². The number of nitriles is 1. The largest absolute Gasteiger partial charge is 0.481 e. The molecule has 0 aliphatic heterocycles. The molecule has 1 fully saturated rings. The van der Waals surface area contributed by atoms with E-state index in [2.05, 4.69) is 5.32 Å². The highest BCUT2D eigenvalue weighted by Gasteiger charge is 2.65. The summed E-state index contributed by atoms with van der Waals surface area (Å²) in [5, 5.41) is 20.7. The lowest BCUT2D eigenvalue weighted by molar-refractivity contribution is -0.140. The second kappa shape index (κ2) is 5.21. The van der Waals surface area contributed by atoms with Crippen molar-refractivity contribution in [2.75, 3.05) is 0 Å². The second-order valence-corrected chi connectivity index (χ2v) is 6.08. The minimum absolute atomic E-state index is 0.226. The summed E-state index contributed by atoms with van der Waals surface area (Å²) in [6, 6.07) is 8.78. The summed E-state index contributed by atoms with van der Waals surface area (Å²) in [5.74, 6) is -2.27. The molecular formula is C16H18N2O3. The third kappa shape index (κ3) is 2.75. The predicted octanol–water partition coefficient (Wildman–Crippen LogP) is 2.09. The SMILES string of the molecule is CC(NC(=O)[C@H]1[C@@H](C(=O)O)C1(C)C)c1ccc(C#N)cc1. The van der Waals surface area contributed by atoms with E-state index in [0.29, 0.717) is 5.56 Å². The summed E-state index contributed by atoms with van der Waals surface area (Å²) in [6.07, 6.45) is 0. The molecule has 0 radical (unpaired) electrons. The molecule has 110 valence electrons. The first-order valence-corrected chi connectivity index (χ1v) is 6.82. The number of hydrogen-bond donors (Lipinski definition) is 2. The van der Waals surface area contributed by atoms with Gasteiger partial charge in [0, 0.05) is 0 Å². The van der Waals surface area contributed by atoms with Crippen LogP contribution in [0.15, 0.2) is 24.3 Å². The highest BCUT2D eigenvalue weighted by Crippen LogP contribution is 2.58. The van der Waals surface area contributed by atoms with E-state index in [4.69, 9.17) is 10.4 Å². The van der Waals surface area contributed by atoms with Crippen molar-refractivity contribution in [3.8, 4) is 6.07 Å². The van der Waals surface area contributed by atoms with Gasteiger partial charge in [-0.2, -0.15) is 5.26 Å². The Balaban J connectivity index is 2.03. The van der Waals surface area contributed by atoms with Gasteiger partial charge < -0.3 is 10.4 Å². The molecule has 5 heteroatoms. The monoisotopic (exact) mass is 286 g/mol. The number of carboxylic acids is 1. The van der Waals surface area contributed by atoms with Crippen molar-refractivity contribution in [1.82, 2.24) is 5.32 Å². The molecule has 1 unspecified atom stereocenters. The van der Waals surface area contributed by atoms with Crippen LogP contribution in [0.3, 0.4) is 0 Å². The number of carbonyl (C=O) groups excluding carboxylic acids is 1. The average Bonchev–Trinajstić information content (AvgIpc) is 3.02. The van der Waals surface area contributed by atoms with Crippen LogP contribution in [0.1, 0.15) is 37.9 Å². The lowest BCUT2D eigenvalue weighted by Crippen LogP contribution is -2.30. The van der Waals surface area contributed by atoms with Gasteiger partial charge in [0.1, 0.15) is 0 Å². The Kier molecular flexibility index (Phi) is 3.73. The zero-order chi connectivity index (χ0) is 15.8. The Hall–Kier alpha value is -2.35. The molecule has 1 saturated carbocycles. The second-order valence-electron chi connectivity index (χ2n) is 6.08. The van der Waals surface area contributed by atoms with Gasteiger partial charge in [0.2, 0.25) is 5.91 Å². The van der Waals surface area contributed by atoms with Crippen molar-refractivity contribution in [1.29, 1.82) is 5.26 Å². The number of amides is 1. The van der Waals surface area contributed by atoms with Crippen LogP contribution < -0.4 is 5.32 Å². The summed E-state index contributed by atoms with van der Waals surface area (Å²) < 4.78 is 0. The van der Waals surface area contributed by atoms with E-state index in [0.717, 1.165) is 5.56 Å². The van der Waals surface area contributed by atoms with E-state index >= 15 is 0 Å². The smallest absolute Gasteiger partial charge is 0.307 e. The minimum Gasteiger partial charge on any atom is -0.481 e. The number of carbonyl (C=O) groups is 2. The lowest BCUT2D eigenvalue weighted by atomic mass is 10.1. The van der Waals surface area contributed by atoms with Gasteiger partial charge in [-0.3, -0.25) is 9.59 Å². The Morgan fingerprint density at radius 3 is 2.29 bits per heavy atom. The third-order valence-electron chi connectivity index (χ3n) is 4.27. The fraction of sp³-hybridized carbons (Fsp3) is 0.438. The van der Waals surface area contributed by atoms with E-state index in [1.54, 1.807) is 38.1 Å². The lowest BCUT2D eigenvalue weighted by Gasteiger charge is -2.15. The molecule has 1 aromatic rings. The Labute approximate surface area is 123 Å². The average molecular weight is 286 g/mol. The number of aliphatic carboxylic acids is 1. The Morgan fingerprint density at radius 2 is 1.86 bits per heavy atom. The number of nitrogens with one attached hydrogen (secondary N) is 1. The predicted molar refractivity (Wildman–Crippen MR) is 76.1 cm³/mol. The molecule has 1 aliphatic rings. The number of benzene rings is 1. The molecule has 1 amide bonds. The normalized spacial score (nSPS) is 23.7. The van der Waals surface area contributed by atoms with E-state index < -0.39 is 23.2 Å². The molecule has 3 atom stereocenters. The standard InChI is InChI=1S/C16H18N2O3/c1-9(11-6-4-10(8-17)5-7-11)18-14(19)12-13(15(20)21)16(12,2)3/h4-7,9,12-13H,1-3H3,(H,18,19)(H,20,21)/t9?,12-,13+/m1/s1. The summed E-state index contributed by atoms with van der Waals surface area (Å²) in [6.45, 7) is 5.43. The van der Waals surface area contributed by atoms with Gasteiger partial charge in [-0.05, 0) is 30.0 Å². The van der Waals surface area contributed by atoms with E-state index in [1.807, 2.05) is 13.0 Å². The number of rotatable bonds is 4. The van der Waals surface area contributed by atoms with Crippen molar-refractivity contribution in [3.63, 3.8) is 0 Å². The first kappa shape index (κ1) is 15.0. The highest BCUT2D eigenvalue weighted by molar-refractivity contribution is 5.91. The van der Waals surface area contributed by atoms with E-state index in [9.17, 15) is 9.59 Å². The van der Waals surface area contributed by atoms with Crippen molar-refractivity contribution in [2.24, 2.45) is 17.3 Å². The molecule has 0 heterocycles. The Bertz CT molecular complexity index is 613. The quantitative estimate of drug-likeness (QED) is 0.886. The van der Waals surface area contributed by atoms with Crippen LogP contribution in [-0.2, 0) is 9.59 Å².